The Balaban J connectivity index is 1.57. The Bertz CT molecular complexity index is 1440. The van der Waals surface area contributed by atoms with Gasteiger partial charge < -0.3 is 0 Å². The molecule has 0 saturated carbocycles. The lowest BCUT2D eigenvalue weighted by Crippen LogP contribution is -2.11. The number of para-hydroxylation sites is 1. The Morgan fingerprint density at radius 2 is 1.65 bits per heavy atom. The van der Waals surface area contributed by atoms with Crippen LogP contribution in [0.15, 0.2) is 103 Å². The van der Waals surface area contributed by atoms with Crippen molar-refractivity contribution >= 4 is 20.9 Å². The first-order valence-electron chi connectivity index (χ1n) is 9.78. The molecule has 0 saturated heterocycles. The third-order valence-electron chi connectivity index (χ3n) is 5.17. The monoisotopic (exact) mass is 424 g/mol. The van der Waals surface area contributed by atoms with E-state index in [0.29, 0.717) is 5.52 Å². The first-order chi connectivity index (χ1) is 15.1. The van der Waals surface area contributed by atoms with Crippen LogP contribution in [0.4, 0.5) is 0 Å². The van der Waals surface area contributed by atoms with E-state index in [0.717, 1.165) is 34.1 Å². The summed E-state index contributed by atoms with van der Waals surface area (Å²) in [6, 6.07) is 23.9. The van der Waals surface area contributed by atoms with E-state index in [4.69, 9.17) is 0 Å². The second kappa shape index (κ2) is 7.81. The van der Waals surface area contributed by atoms with Crippen LogP contribution in [0.1, 0.15) is 11.1 Å². The standard InChI is InChI=1S/C25H18N3O2S/c29-31(30,22-6-4-14-27-17-22)28-18-24(23-7-1-2-8-25(23)28)21-11-9-19(10-12-21)15-20-5-3-13-26-16-20/h1-11,13-14,16-18H,15H2. The van der Waals surface area contributed by atoms with Gasteiger partial charge in [0.2, 0.25) is 0 Å². The first kappa shape index (κ1) is 19.2. The predicted molar refractivity (Wildman–Crippen MR) is 120 cm³/mol. The van der Waals surface area contributed by atoms with Gasteiger partial charge in [-0.05, 0) is 53.4 Å². The Kier molecular flexibility index (Phi) is 4.84. The number of benzene rings is 2. The second-order valence-electron chi connectivity index (χ2n) is 7.20. The minimum absolute atomic E-state index is 0.151. The molecule has 5 aromatic rings. The fourth-order valence-corrected chi connectivity index (χ4v) is 4.98. The van der Waals surface area contributed by atoms with Crippen molar-refractivity contribution in [3.05, 3.63) is 115 Å². The Labute approximate surface area is 180 Å². The molecule has 151 valence electrons. The number of hydrogen-bond acceptors (Lipinski definition) is 4. The molecule has 6 heteroatoms. The second-order valence-corrected chi connectivity index (χ2v) is 9.01. The van der Waals surface area contributed by atoms with Gasteiger partial charge in [0.15, 0.2) is 0 Å². The van der Waals surface area contributed by atoms with Gasteiger partial charge in [-0.15, -0.1) is 0 Å². The molecule has 3 heterocycles. The summed E-state index contributed by atoms with van der Waals surface area (Å²) in [5.41, 5.74) is 4.52. The van der Waals surface area contributed by atoms with Gasteiger partial charge in [0.05, 0.1) is 5.52 Å². The highest BCUT2D eigenvalue weighted by Gasteiger charge is 2.21. The topological polar surface area (TPSA) is 64.8 Å². The minimum Gasteiger partial charge on any atom is -0.264 e. The summed E-state index contributed by atoms with van der Waals surface area (Å²) < 4.78 is 27.8. The van der Waals surface area contributed by atoms with E-state index in [1.165, 1.54) is 10.2 Å². The van der Waals surface area contributed by atoms with Crippen LogP contribution in [0.3, 0.4) is 0 Å². The summed E-state index contributed by atoms with van der Waals surface area (Å²) in [5.74, 6) is 0. The van der Waals surface area contributed by atoms with Crippen molar-refractivity contribution in [3.8, 4) is 11.1 Å². The molecular weight excluding hydrogens is 406 g/mol. The Morgan fingerprint density at radius 1 is 0.839 bits per heavy atom. The van der Waals surface area contributed by atoms with Crippen LogP contribution in [0, 0.1) is 6.07 Å². The molecule has 3 aromatic heterocycles. The fourth-order valence-electron chi connectivity index (χ4n) is 3.65. The van der Waals surface area contributed by atoms with Gasteiger partial charge in [-0.3, -0.25) is 9.97 Å². The van der Waals surface area contributed by atoms with Crippen molar-refractivity contribution in [1.82, 2.24) is 13.9 Å². The van der Waals surface area contributed by atoms with Crippen LogP contribution in [0.25, 0.3) is 22.0 Å². The van der Waals surface area contributed by atoms with Gasteiger partial charge in [-0.1, -0.05) is 42.5 Å². The number of rotatable bonds is 5. The molecule has 0 aliphatic carbocycles. The summed E-state index contributed by atoms with van der Waals surface area (Å²) in [6.45, 7) is 0. The lowest BCUT2D eigenvalue weighted by molar-refractivity contribution is 0.588. The number of hydrogen-bond donors (Lipinski definition) is 0. The molecule has 0 unspecified atom stereocenters. The molecule has 0 fully saturated rings. The van der Waals surface area contributed by atoms with Crippen LogP contribution in [-0.2, 0) is 16.4 Å². The van der Waals surface area contributed by atoms with E-state index < -0.39 is 10.0 Å². The number of fused-ring (bicyclic) bond motifs is 1. The fraction of sp³-hybridized carbons (Fsp3) is 0.0400. The molecule has 1 radical (unpaired) electrons. The Morgan fingerprint density at radius 3 is 2.35 bits per heavy atom. The molecule has 0 amide bonds. The predicted octanol–water partition coefficient (Wildman–Crippen LogP) is 4.73. The maximum absolute atomic E-state index is 13.3. The molecule has 31 heavy (non-hydrogen) atoms. The average Bonchev–Trinajstić information content (AvgIpc) is 3.21. The van der Waals surface area contributed by atoms with Crippen LogP contribution in [-0.4, -0.2) is 22.4 Å². The van der Waals surface area contributed by atoms with E-state index in [2.05, 4.69) is 16.0 Å². The van der Waals surface area contributed by atoms with Gasteiger partial charge in [0.1, 0.15) is 4.90 Å². The van der Waals surface area contributed by atoms with E-state index >= 15 is 0 Å². The zero-order valence-corrected chi connectivity index (χ0v) is 17.3. The van der Waals surface area contributed by atoms with E-state index in [9.17, 15) is 8.42 Å². The van der Waals surface area contributed by atoms with Crippen LogP contribution < -0.4 is 0 Å². The summed E-state index contributed by atoms with van der Waals surface area (Å²) >= 11 is 0. The molecule has 5 nitrogen and oxygen atoms in total. The molecular formula is C25H18N3O2S. The van der Waals surface area contributed by atoms with Crippen LogP contribution in [0.5, 0.6) is 0 Å². The highest BCUT2D eigenvalue weighted by Crippen LogP contribution is 2.33. The number of aromatic nitrogens is 3. The third kappa shape index (κ3) is 3.62. The normalized spacial score (nSPS) is 11.6. The highest BCUT2D eigenvalue weighted by molar-refractivity contribution is 7.90. The average molecular weight is 425 g/mol. The molecule has 0 aliphatic rings. The van der Waals surface area contributed by atoms with Gasteiger partial charge >= 0.3 is 0 Å². The molecule has 5 rings (SSSR count). The molecule has 0 atom stereocenters. The lowest BCUT2D eigenvalue weighted by atomic mass is 10.0. The summed E-state index contributed by atoms with van der Waals surface area (Å²) in [4.78, 5) is 8.27. The van der Waals surface area contributed by atoms with Crippen LogP contribution in [0.2, 0.25) is 0 Å². The van der Waals surface area contributed by atoms with Crippen LogP contribution >= 0.6 is 0 Å². The maximum atomic E-state index is 13.3. The molecule has 0 N–H and O–H groups in total. The third-order valence-corrected chi connectivity index (χ3v) is 6.82. The molecule has 0 aliphatic heterocycles. The van der Waals surface area contributed by atoms with Gasteiger partial charge in [0.25, 0.3) is 10.0 Å². The first-order valence-corrected chi connectivity index (χ1v) is 11.2. The summed E-state index contributed by atoms with van der Waals surface area (Å²) in [6.07, 6.45) is 8.96. The minimum atomic E-state index is -3.77. The summed E-state index contributed by atoms with van der Waals surface area (Å²) in [7, 11) is -3.77. The van der Waals surface area contributed by atoms with Gasteiger partial charge in [-0.2, -0.15) is 0 Å². The van der Waals surface area contributed by atoms with Crippen molar-refractivity contribution in [3.63, 3.8) is 0 Å². The van der Waals surface area contributed by atoms with Crippen molar-refractivity contribution < 1.29 is 8.42 Å². The van der Waals surface area contributed by atoms with Crippen molar-refractivity contribution in [1.29, 1.82) is 0 Å². The lowest BCUT2D eigenvalue weighted by Gasteiger charge is -2.06. The van der Waals surface area contributed by atoms with Crippen molar-refractivity contribution in [2.24, 2.45) is 0 Å². The largest absolute Gasteiger partial charge is 0.269 e. The zero-order chi connectivity index (χ0) is 21.3. The quantitative estimate of drug-likeness (QED) is 0.409. The summed E-state index contributed by atoms with van der Waals surface area (Å²) in [5, 5.41) is 0.853. The smallest absolute Gasteiger partial charge is 0.264 e. The molecule has 2 aromatic carbocycles. The number of pyridine rings is 2. The van der Waals surface area contributed by atoms with Crippen molar-refractivity contribution in [2.45, 2.75) is 11.3 Å². The SMILES string of the molecule is O=S(=O)(c1cccnc1)n1cc(-c2[c]cc(Cc3cccnc3)cc2)c2ccccc21. The van der Waals surface area contributed by atoms with E-state index in [-0.39, 0.29) is 4.90 Å². The molecule has 0 spiro atoms. The Hall–Kier alpha value is -3.77. The van der Waals surface area contributed by atoms with Gasteiger partial charge in [-0.25, -0.2) is 12.4 Å². The maximum Gasteiger partial charge on any atom is 0.269 e. The highest BCUT2D eigenvalue weighted by atomic mass is 32.2. The van der Waals surface area contributed by atoms with E-state index in [1.54, 1.807) is 30.7 Å². The number of nitrogens with zero attached hydrogens (tertiary/aromatic N) is 3. The molecule has 0 bridgehead atoms. The zero-order valence-electron chi connectivity index (χ0n) is 16.5. The van der Waals surface area contributed by atoms with Gasteiger partial charge in [0, 0.05) is 41.9 Å². The van der Waals surface area contributed by atoms with Crippen molar-refractivity contribution in [2.75, 3.05) is 0 Å². The van der Waals surface area contributed by atoms with E-state index in [1.807, 2.05) is 60.8 Å².